The molecule has 1 N–H and O–H groups in total. The number of nitro groups is 1. The second-order valence-electron chi connectivity index (χ2n) is 5.33. The monoisotopic (exact) mass is 377 g/mol. The van der Waals surface area contributed by atoms with Crippen LogP contribution in [0.4, 0.5) is 18.9 Å². The van der Waals surface area contributed by atoms with E-state index in [9.17, 15) is 28.1 Å². The Hall–Kier alpha value is -3.69. The Bertz CT molecular complexity index is 1080. The minimum atomic E-state index is -4.71. The van der Waals surface area contributed by atoms with Gasteiger partial charge in [-0.1, -0.05) is 12.1 Å². The van der Waals surface area contributed by atoms with Crippen molar-refractivity contribution < 1.29 is 22.5 Å². The lowest BCUT2D eigenvalue weighted by molar-refractivity contribution is -0.384. The van der Waals surface area contributed by atoms with E-state index in [1.54, 1.807) is 11.1 Å². The van der Waals surface area contributed by atoms with Gasteiger partial charge in [-0.15, -0.1) is 0 Å². The summed E-state index contributed by atoms with van der Waals surface area (Å²) >= 11 is 0. The lowest BCUT2D eigenvalue weighted by Crippen LogP contribution is -2.19. The van der Waals surface area contributed by atoms with Gasteiger partial charge in [0.15, 0.2) is 0 Å². The van der Waals surface area contributed by atoms with Crippen LogP contribution in [0.25, 0.3) is 23.5 Å². The number of furan rings is 1. The highest BCUT2D eigenvalue weighted by molar-refractivity contribution is 5.72. The molecule has 0 amide bonds. The van der Waals surface area contributed by atoms with Crippen molar-refractivity contribution >= 4 is 17.8 Å². The maximum atomic E-state index is 12.7. The van der Waals surface area contributed by atoms with E-state index in [2.05, 4.69) is 4.98 Å². The second kappa shape index (κ2) is 6.90. The van der Waals surface area contributed by atoms with Crippen molar-refractivity contribution in [2.75, 3.05) is 0 Å². The minimum absolute atomic E-state index is 0.145. The van der Waals surface area contributed by atoms with E-state index < -0.39 is 22.5 Å². The van der Waals surface area contributed by atoms with Crippen LogP contribution in [-0.2, 0) is 6.18 Å². The third-order valence-corrected chi connectivity index (χ3v) is 3.48. The topological polar surface area (TPSA) is 102 Å². The van der Waals surface area contributed by atoms with Gasteiger partial charge in [0.25, 0.3) is 5.69 Å². The molecule has 0 aliphatic heterocycles. The first-order chi connectivity index (χ1) is 12.7. The normalized spacial score (nSPS) is 11.8. The molecule has 27 heavy (non-hydrogen) atoms. The number of hydrogen-bond donors (Lipinski definition) is 1. The van der Waals surface area contributed by atoms with Crippen LogP contribution in [-0.4, -0.2) is 14.9 Å². The van der Waals surface area contributed by atoms with Crippen molar-refractivity contribution in [1.82, 2.24) is 9.97 Å². The van der Waals surface area contributed by atoms with Crippen molar-refractivity contribution in [3.63, 3.8) is 0 Å². The van der Waals surface area contributed by atoms with Crippen LogP contribution >= 0.6 is 0 Å². The van der Waals surface area contributed by atoms with E-state index in [1.165, 1.54) is 42.5 Å². The molecule has 0 unspecified atom stereocenters. The fraction of sp³-hybridized carbons (Fsp3) is 0.0588. The molecule has 1 aromatic carbocycles. The molecule has 138 valence electrons. The predicted molar refractivity (Wildman–Crippen MR) is 89.6 cm³/mol. The highest BCUT2D eigenvalue weighted by Crippen LogP contribution is 2.31. The van der Waals surface area contributed by atoms with Gasteiger partial charge >= 0.3 is 11.9 Å². The number of nitrogens with zero attached hydrogens (tertiary/aromatic N) is 2. The third kappa shape index (κ3) is 4.11. The summed E-state index contributed by atoms with van der Waals surface area (Å²) in [6.45, 7) is 0. The van der Waals surface area contributed by atoms with Crippen molar-refractivity contribution in [2.45, 2.75) is 6.18 Å². The van der Waals surface area contributed by atoms with E-state index in [0.29, 0.717) is 6.07 Å². The summed E-state index contributed by atoms with van der Waals surface area (Å²) in [6.07, 6.45) is -2.23. The van der Waals surface area contributed by atoms with Gasteiger partial charge in [0.05, 0.1) is 16.2 Å². The van der Waals surface area contributed by atoms with Crippen LogP contribution in [0.5, 0.6) is 0 Å². The molecule has 0 bridgehead atoms. The highest BCUT2D eigenvalue weighted by atomic mass is 19.4. The number of para-hydroxylation sites is 1. The lowest BCUT2D eigenvalue weighted by atomic mass is 10.1. The number of halogens is 3. The Morgan fingerprint density at radius 2 is 1.89 bits per heavy atom. The first-order valence-electron chi connectivity index (χ1n) is 7.44. The molecular weight excluding hydrogens is 367 g/mol. The number of nitrogens with one attached hydrogen (secondary N) is 1. The number of nitro benzene ring substituents is 1. The molecule has 0 radical (unpaired) electrons. The fourth-order valence-electron chi connectivity index (χ4n) is 2.31. The third-order valence-electron chi connectivity index (χ3n) is 3.48. The van der Waals surface area contributed by atoms with E-state index >= 15 is 0 Å². The molecule has 2 heterocycles. The molecule has 2 aromatic heterocycles. The Morgan fingerprint density at radius 3 is 2.59 bits per heavy atom. The van der Waals surface area contributed by atoms with Gasteiger partial charge in [-0.2, -0.15) is 18.2 Å². The molecule has 0 saturated carbocycles. The Kier molecular flexibility index (Phi) is 4.63. The summed E-state index contributed by atoms with van der Waals surface area (Å²) < 4.78 is 43.6. The smallest absolute Gasteiger partial charge is 0.431 e. The molecule has 7 nitrogen and oxygen atoms in total. The predicted octanol–water partition coefficient (Wildman–Crippen LogP) is 4.13. The molecule has 0 atom stereocenters. The van der Waals surface area contributed by atoms with Crippen LogP contribution in [0.1, 0.15) is 17.1 Å². The molecule has 3 rings (SSSR count). The average Bonchev–Trinajstić information content (AvgIpc) is 3.07. The molecule has 3 aromatic rings. The SMILES string of the molecule is O=c1nc(/C=C/c2ccc(-c3ccccc3[N+](=O)[O-])o2)cc(C(F)(F)F)[nH]1. The highest BCUT2D eigenvalue weighted by Gasteiger charge is 2.32. The van der Waals surface area contributed by atoms with Gasteiger partial charge in [0, 0.05) is 6.07 Å². The number of hydrogen-bond acceptors (Lipinski definition) is 5. The van der Waals surface area contributed by atoms with Crippen LogP contribution in [0.3, 0.4) is 0 Å². The molecular formula is C17H10F3N3O4. The van der Waals surface area contributed by atoms with Crippen molar-refractivity contribution in [3.8, 4) is 11.3 Å². The van der Waals surface area contributed by atoms with Crippen molar-refractivity contribution in [3.05, 3.63) is 80.2 Å². The van der Waals surface area contributed by atoms with Crippen molar-refractivity contribution in [2.24, 2.45) is 0 Å². The number of aromatic nitrogens is 2. The van der Waals surface area contributed by atoms with Crippen LogP contribution in [0, 0.1) is 10.1 Å². The van der Waals surface area contributed by atoms with Crippen LogP contribution < -0.4 is 5.69 Å². The Morgan fingerprint density at radius 1 is 1.15 bits per heavy atom. The molecule has 10 heteroatoms. The summed E-state index contributed by atoms with van der Waals surface area (Å²) in [7, 11) is 0. The maximum Gasteiger partial charge on any atom is 0.431 e. The fourth-order valence-corrected chi connectivity index (χ4v) is 2.31. The quantitative estimate of drug-likeness (QED) is 0.544. The van der Waals surface area contributed by atoms with Crippen molar-refractivity contribution in [1.29, 1.82) is 0 Å². The summed E-state index contributed by atoms with van der Waals surface area (Å²) in [5.74, 6) is 0.440. The first kappa shape index (κ1) is 18.1. The van der Waals surface area contributed by atoms with Crippen LogP contribution in [0.2, 0.25) is 0 Å². The van der Waals surface area contributed by atoms with Gasteiger partial charge in [0.2, 0.25) is 0 Å². The van der Waals surface area contributed by atoms with Crippen LogP contribution in [0.15, 0.2) is 51.7 Å². The largest absolute Gasteiger partial charge is 0.456 e. The van der Waals surface area contributed by atoms with E-state index in [4.69, 9.17) is 4.42 Å². The van der Waals surface area contributed by atoms with E-state index in [0.717, 1.165) is 0 Å². The molecule has 0 saturated heterocycles. The molecule has 0 spiro atoms. The van der Waals surface area contributed by atoms with E-state index in [-0.39, 0.29) is 28.5 Å². The zero-order valence-corrected chi connectivity index (χ0v) is 13.4. The first-order valence-corrected chi connectivity index (χ1v) is 7.44. The summed E-state index contributed by atoms with van der Waals surface area (Å²) in [5, 5.41) is 11.1. The standard InChI is InChI=1S/C17H10F3N3O4/c18-17(19,20)15-9-10(21-16(24)22-15)5-6-11-7-8-14(27-11)12-3-1-2-4-13(12)23(25)26/h1-9H,(H,21,22,24)/b6-5+. The Labute approximate surface area is 148 Å². The number of aromatic amines is 1. The summed E-state index contributed by atoms with van der Waals surface area (Å²) in [5.41, 5.74) is -2.45. The van der Waals surface area contributed by atoms with Gasteiger partial charge in [-0.05, 0) is 36.4 Å². The zero-order valence-electron chi connectivity index (χ0n) is 13.4. The lowest BCUT2D eigenvalue weighted by Gasteiger charge is -2.05. The van der Waals surface area contributed by atoms with Gasteiger partial charge in [0.1, 0.15) is 17.2 Å². The minimum Gasteiger partial charge on any atom is -0.456 e. The molecule has 0 aliphatic rings. The maximum absolute atomic E-state index is 12.7. The van der Waals surface area contributed by atoms with Gasteiger partial charge < -0.3 is 9.40 Å². The molecule has 0 fully saturated rings. The molecule has 0 aliphatic carbocycles. The number of alkyl halides is 3. The zero-order chi connectivity index (χ0) is 19.6. The summed E-state index contributed by atoms with van der Waals surface area (Å²) in [6, 6.07) is 9.63. The average molecular weight is 377 g/mol. The number of rotatable bonds is 4. The van der Waals surface area contributed by atoms with E-state index in [1.807, 2.05) is 0 Å². The van der Waals surface area contributed by atoms with Gasteiger partial charge in [-0.25, -0.2) is 4.79 Å². The second-order valence-corrected chi connectivity index (χ2v) is 5.33. The number of H-pyrrole nitrogens is 1. The Balaban J connectivity index is 1.90. The number of benzene rings is 1. The summed E-state index contributed by atoms with van der Waals surface area (Å²) in [4.78, 5) is 26.8. The van der Waals surface area contributed by atoms with Gasteiger partial charge in [-0.3, -0.25) is 10.1 Å².